The third-order valence-electron chi connectivity index (χ3n) is 3.75. The quantitative estimate of drug-likeness (QED) is 0.575. The Morgan fingerprint density at radius 3 is 2.54 bits per heavy atom. The van der Waals surface area contributed by atoms with Crippen molar-refractivity contribution in [2.75, 3.05) is 32.4 Å². The van der Waals surface area contributed by atoms with Gasteiger partial charge in [-0.1, -0.05) is 23.9 Å². The summed E-state index contributed by atoms with van der Waals surface area (Å²) < 4.78 is 17.3. The lowest BCUT2D eigenvalue weighted by atomic mass is 10.2. The van der Waals surface area contributed by atoms with Crippen molar-refractivity contribution < 1.29 is 19.0 Å². The fourth-order valence-corrected chi connectivity index (χ4v) is 3.15. The summed E-state index contributed by atoms with van der Waals surface area (Å²) in [7, 11) is 4.67. The standard InChI is InChI=1S/C18H19N5O4S/c1-25-14-7-5-4-6-13(14)23-18(20-21-22-23)28-11-17(24)19-12-8-9-15(26-2)16(10-12)27-3/h4-10H,11H2,1-3H3,(H,19,24). The minimum Gasteiger partial charge on any atom is -0.494 e. The Labute approximate surface area is 166 Å². The molecule has 0 saturated carbocycles. The molecule has 0 radical (unpaired) electrons. The lowest BCUT2D eigenvalue weighted by molar-refractivity contribution is -0.113. The van der Waals surface area contributed by atoms with Gasteiger partial charge in [0.1, 0.15) is 11.4 Å². The molecule has 1 amide bonds. The van der Waals surface area contributed by atoms with Crippen molar-refractivity contribution in [3.63, 3.8) is 0 Å². The van der Waals surface area contributed by atoms with Gasteiger partial charge >= 0.3 is 0 Å². The Kier molecular flexibility index (Phi) is 6.33. The largest absolute Gasteiger partial charge is 0.494 e. The summed E-state index contributed by atoms with van der Waals surface area (Å²) in [4.78, 5) is 12.3. The van der Waals surface area contributed by atoms with Crippen LogP contribution in [-0.2, 0) is 4.79 Å². The van der Waals surface area contributed by atoms with Crippen LogP contribution in [0.5, 0.6) is 17.2 Å². The number of methoxy groups -OCH3 is 3. The van der Waals surface area contributed by atoms with Crippen molar-refractivity contribution in [2.24, 2.45) is 0 Å². The molecule has 3 rings (SSSR count). The molecule has 1 N–H and O–H groups in total. The van der Waals surface area contributed by atoms with E-state index in [2.05, 4.69) is 20.8 Å². The molecule has 0 bridgehead atoms. The number of carbonyl (C=O) groups excluding carboxylic acids is 1. The van der Waals surface area contributed by atoms with E-state index < -0.39 is 0 Å². The molecule has 2 aromatic carbocycles. The number of para-hydroxylation sites is 2. The predicted molar refractivity (Wildman–Crippen MR) is 105 cm³/mol. The Morgan fingerprint density at radius 1 is 1.04 bits per heavy atom. The van der Waals surface area contributed by atoms with Gasteiger partial charge in [-0.15, -0.1) is 5.10 Å². The minimum atomic E-state index is -0.202. The number of ether oxygens (including phenoxy) is 3. The van der Waals surface area contributed by atoms with E-state index in [1.165, 1.54) is 23.6 Å². The zero-order valence-corrected chi connectivity index (χ0v) is 16.4. The second-order valence-corrected chi connectivity index (χ2v) is 6.39. The van der Waals surface area contributed by atoms with E-state index in [-0.39, 0.29) is 11.7 Å². The second-order valence-electron chi connectivity index (χ2n) is 5.45. The molecule has 0 saturated heterocycles. The lowest BCUT2D eigenvalue weighted by Gasteiger charge is -2.11. The molecule has 10 heteroatoms. The number of aromatic nitrogens is 4. The number of nitrogens with zero attached hydrogens (tertiary/aromatic N) is 4. The van der Waals surface area contributed by atoms with Gasteiger partial charge in [-0.05, 0) is 34.7 Å². The Hall–Kier alpha value is -3.27. The maximum absolute atomic E-state index is 12.3. The first-order valence-electron chi connectivity index (χ1n) is 8.22. The molecule has 3 aromatic rings. The van der Waals surface area contributed by atoms with Crippen LogP contribution in [-0.4, -0.2) is 53.2 Å². The highest BCUT2D eigenvalue weighted by atomic mass is 32.2. The zero-order valence-electron chi connectivity index (χ0n) is 15.6. The summed E-state index contributed by atoms with van der Waals surface area (Å²) in [6.45, 7) is 0. The van der Waals surface area contributed by atoms with E-state index in [1.807, 2.05) is 24.3 Å². The number of tetrazole rings is 1. The fourth-order valence-electron chi connectivity index (χ4n) is 2.47. The minimum absolute atomic E-state index is 0.129. The summed E-state index contributed by atoms with van der Waals surface area (Å²) in [5, 5.41) is 15.0. The molecule has 146 valence electrons. The summed E-state index contributed by atoms with van der Waals surface area (Å²) in [6, 6.07) is 12.5. The van der Waals surface area contributed by atoms with Gasteiger partial charge in [-0.2, -0.15) is 4.68 Å². The number of amides is 1. The molecule has 28 heavy (non-hydrogen) atoms. The average Bonchev–Trinajstić information content (AvgIpc) is 3.20. The van der Waals surface area contributed by atoms with E-state index in [4.69, 9.17) is 14.2 Å². The van der Waals surface area contributed by atoms with E-state index in [0.717, 1.165) is 0 Å². The molecule has 0 atom stereocenters. The molecule has 9 nitrogen and oxygen atoms in total. The van der Waals surface area contributed by atoms with Crippen LogP contribution in [0.2, 0.25) is 0 Å². The van der Waals surface area contributed by atoms with Crippen LogP contribution in [0.4, 0.5) is 5.69 Å². The van der Waals surface area contributed by atoms with Gasteiger partial charge in [-0.25, -0.2) is 0 Å². The van der Waals surface area contributed by atoms with Crippen molar-refractivity contribution in [2.45, 2.75) is 5.16 Å². The van der Waals surface area contributed by atoms with E-state index in [0.29, 0.717) is 33.8 Å². The highest BCUT2D eigenvalue weighted by molar-refractivity contribution is 7.99. The van der Waals surface area contributed by atoms with Crippen LogP contribution in [0.15, 0.2) is 47.6 Å². The van der Waals surface area contributed by atoms with Crippen LogP contribution in [0, 0.1) is 0 Å². The number of nitrogens with one attached hydrogen (secondary N) is 1. The van der Waals surface area contributed by atoms with Gasteiger partial charge in [0.25, 0.3) is 0 Å². The maximum Gasteiger partial charge on any atom is 0.234 e. The number of hydrogen-bond donors (Lipinski definition) is 1. The summed E-state index contributed by atoms with van der Waals surface area (Å²) in [6.07, 6.45) is 0. The first-order chi connectivity index (χ1) is 13.7. The third-order valence-corrected chi connectivity index (χ3v) is 4.67. The first-order valence-corrected chi connectivity index (χ1v) is 9.21. The highest BCUT2D eigenvalue weighted by Crippen LogP contribution is 2.30. The van der Waals surface area contributed by atoms with E-state index in [9.17, 15) is 4.79 Å². The Bertz CT molecular complexity index is 963. The molecular weight excluding hydrogens is 382 g/mol. The van der Waals surface area contributed by atoms with Gasteiger partial charge in [0.2, 0.25) is 11.1 Å². The van der Waals surface area contributed by atoms with Gasteiger partial charge in [0.15, 0.2) is 11.5 Å². The molecule has 0 unspecified atom stereocenters. The topological polar surface area (TPSA) is 100 Å². The smallest absolute Gasteiger partial charge is 0.234 e. The van der Waals surface area contributed by atoms with Crippen LogP contribution >= 0.6 is 11.8 Å². The van der Waals surface area contributed by atoms with Crippen LogP contribution in [0.1, 0.15) is 0 Å². The van der Waals surface area contributed by atoms with Gasteiger partial charge in [0.05, 0.1) is 27.1 Å². The molecule has 0 spiro atoms. The summed E-state index contributed by atoms with van der Waals surface area (Å²) in [5.41, 5.74) is 1.30. The SMILES string of the molecule is COc1ccc(NC(=O)CSc2nnnn2-c2ccccc2OC)cc1OC. The van der Waals surface area contributed by atoms with Crippen LogP contribution in [0.3, 0.4) is 0 Å². The Morgan fingerprint density at radius 2 is 1.79 bits per heavy atom. The van der Waals surface area contributed by atoms with Gasteiger partial charge < -0.3 is 19.5 Å². The van der Waals surface area contributed by atoms with Crippen molar-refractivity contribution in [3.05, 3.63) is 42.5 Å². The monoisotopic (exact) mass is 401 g/mol. The summed E-state index contributed by atoms with van der Waals surface area (Å²) >= 11 is 1.22. The predicted octanol–water partition coefficient (Wildman–Crippen LogP) is 2.42. The van der Waals surface area contributed by atoms with E-state index in [1.54, 1.807) is 32.4 Å². The lowest BCUT2D eigenvalue weighted by Crippen LogP contribution is -2.14. The molecule has 0 fully saturated rings. The van der Waals surface area contributed by atoms with Crippen LogP contribution in [0.25, 0.3) is 5.69 Å². The average molecular weight is 401 g/mol. The van der Waals surface area contributed by atoms with Gasteiger partial charge in [0, 0.05) is 11.8 Å². The molecular formula is C18H19N5O4S. The number of anilines is 1. The highest BCUT2D eigenvalue weighted by Gasteiger charge is 2.15. The number of thioether (sulfide) groups is 1. The molecule has 1 aromatic heterocycles. The number of carbonyl (C=O) groups is 1. The second kappa shape index (κ2) is 9.09. The van der Waals surface area contributed by atoms with Crippen molar-refractivity contribution in [1.29, 1.82) is 0 Å². The number of hydrogen-bond acceptors (Lipinski definition) is 8. The van der Waals surface area contributed by atoms with E-state index >= 15 is 0 Å². The number of benzene rings is 2. The van der Waals surface area contributed by atoms with Crippen molar-refractivity contribution >= 4 is 23.4 Å². The molecule has 0 aliphatic heterocycles. The molecule has 0 aliphatic carbocycles. The van der Waals surface area contributed by atoms with Crippen molar-refractivity contribution in [3.8, 4) is 22.9 Å². The number of rotatable bonds is 8. The normalized spacial score (nSPS) is 10.4. The fraction of sp³-hybridized carbons (Fsp3) is 0.222. The molecule has 0 aliphatic rings. The zero-order chi connectivity index (χ0) is 19.9. The van der Waals surface area contributed by atoms with Gasteiger partial charge in [-0.3, -0.25) is 4.79 Å². The maximum atomic E-state index is 12.3. The third kappa shape index (κ3) is 4.34. The summed E-state index contributed by atoms with van der Waals surface area (Å²) in [5.74, 6) is 1.68. The van der Waals surface area contributed by atoms with Crippen LogP contribution < -0.4 is 19.5 Å². The van der Waals surface area contributed by atoms with Crippen molar-refractivity contribution in [1.82, 2.24) is 20.2 Å². The Balaban J connectivity index is 1.67. The molecule has 1 heterocycles. The first kappa shape index (κ1) is 19.5.